The van der Waals surface area contributed by atoms with Crippen LogP contribution in [0.2, 0.25) is 0 Å². The lowest BCUT2D eigenvalue weighted by molar-refractivity contribution is -0.143. The van der Waals surface area contributed by atoms with Crippen molar-refractivity contribution in [2.45, 2.75) is 45.2 Å². The Bertz CT molecular complexity index is 523. The molecule has 0 N–H and O–H groups in total. The maximum Gasteiger partial charge on any atom is 0.323 e. The van der Waals surface area contributed by atoms with Crippen molar-refractivity contribution in [1.82, 2.24) is 19.9 Å². The third kappa shape index (κ3) is 3.01. The number of esters is 1. The number of cyclic esters (lactones) is 1. The van der Waals surface area contributed by atoms with Crippen molar-refractivity contribution in [3.05, 3.63) is 11.7 Å². The molecule has 2 saturated heterocycles. The Kier molecular flexibility index (Phi) is 4.44. The monoisotopic (exact) mass is 308 g/mol. The first-order chi connectivity index (χ1) is 10.6. The van der Waals surface area contributed by atoms with E-state index >= 15 is 0 Å². The first kappa shape index (κ1) is 15.4. The summed E-state index contributed by atoms with van der Waals surface area (Å²) in [6.45, 7) is 10.3. The average molecular weight is 308 g/mol. The highest BCUT2D eigenvalue weighted by molar-refractivity contribution is 5.77. The lowest BCUT2D eigenvalue weighted by Crippen LogP contribution is -2.52. The minimum atomic E-state index is -0.0695. The van der Waals surface area contributed by atoms with E-state index in [0.717, 1.165) is 38.4 Å². The maximum atomic E-state index is 11.7. The van der Waals surface area contributed by atoms with Gasteiger partial charge in [-0.3, -0.25) is 14.6 Å². The van der Waals surface area contributed by atoms with E-state index < -0.39 is 0 Å². The first-order valence-corrected chi connectivity index (χ1v) is 8.04. The minimum Gasteiger partial charge on any atom is -0.464 e. The summed E-state index contributed by atoms with van der Waals surface area (Å²) in [6.07, 6.45) is 0.815. The summed E-state index contributed by atoms with van der Waals surface area (Å²) in [7, 11) is 0. The lowest BCUT2D eigenvalue weighted by atomic mass is 10.1. The zero-order valence-corrected chi connectivity index (χ0v) is 13.5. The zero-order valence-electron chi connectivity index (χ0n) is 13.5. The van der Waals surface area contributed by atoms with Crippen LogP contribution in [0.15, 0.2) is 4.52 Å². The van der Waals surface area contributed by atoms with Crippen LogP contribution in [0.1, 0.15) is 50.9 Å². The highest BCUT2D eigenvalue weighted by Gasteiger charge is 2.35. The molecule has 0 amide bonds. The molecule has 0 saturated carbocycles. The van der Waals surface area contributed by atoms with Gasteiger partial charge in [-0.05, 0) is 6.92 Å². The van der Waals surface area contributed by atoms with Gasteiger partial charge in [-0.15, -0.1) is 0 Å². The van der Waals surface area contributed by atoms with Crippen molar-refractivity contribution < 1.29 is 14.1 Å². The van der Waals surface area contributed by atoms with E-state index in [4.69, 9.17) is 9.26 Å². The molecule has 0 unspecified atom stereocenters. The number of aromatic nitrogens is 2. The third-order valence-electron chi connectivity index (χ3n) is 4.58. The molecule has 1 aromatic heterocycles. The summed E-state index contributed by atoms with van der Waals surface area (Å²) < 4.78 is 10.5. The Labute approximate surface area is 130 Å². The molecule has 2 aliphatic rings. The van der Waals surface area contributed by atoms with Gasteiger partial charge in [0.25, 0.3) is 0 Å². The van der Waals surface area contributed by atoms with Gasteiger partial charge in [0.2, 0.25) is 5.89 Å². The molecule has 0 bridgehead atoms. The molecule has 2 aliphatic heterocycles. The fraction of sp³-hybridized carbons (Fsp3) is 0.800. The van der Waals surface area contributed by atoms with E-state index in [-0.39, 0.29) is 24.0 Å². The molecular weight excluding hydrogens is 284 g/mol. The fourth-order valence-corrected chi connectivity index (χ4v) is 3.06. The molecular formula is C15H24N4O3. The average Bonchev–Trinajstić information content (AvgIpc) is 3.15. The van der Waals surface area contributed by atoms with Crippen molar-refractivity contribution in [2.75, 3.05) is 32.8 Å². The summed E-state index contributed by atoms with van der Waals surface area (Å²) in [5, 5.41) is 4.04. The summed E-state index contributed by atoms with van der Waals surface area (Å²) in [4.78, 5) is 20.7. The molecule has 7 nitrogen and oxygen atoms in total. The number of carbonyl (C=O) groups excluding carboxylic acids is 1. The van der Waals surface area contributed by atoms with Crippen molar-refractivity contribution in [3.8, 4) is 0 Å². The predicted octanol–water partition coefficient (Wildman–Crippen LogP) is 1.19. The standard InChI is InChI=1S/C15H24N4O3/c1-10(2)13-16-14(22-17-13)11(3)18-5-7-19(8-6-18)12-4-9-21-15(12)20/h10-12H,4-9H2,1-3H3/t11-,12-/m0/s1. The first-order valence-electron chi connectivity index (χ1n) is 8.04. The summed E-state index contributed by atoms with van der Waals surface area (Å²) in [5.41, 5.74) is 0. The predicted molar refractivity (Wildman–Crippen MR) is 79.3 cm³/mol. The molecule has 2 atom stereocenters. The van der Waals surface area contributed by atoms with Gasteiger partial charge in [0.1, 0.15) is 6.04 Å². The van der Waals surface area contributed by atoms with Crippen LogP contribution >= 0.6 is 0 Å². The summed E-state index contributed by atoms with van der Waals surface area (Å²) in [5.74, 6) is 1.64. The van der Waals surface area contributed by atoms with Gasteiger partial charge < -0.3 is 9.26 Å². The molecule has 2 fully saturated rings. The minimum absolute atomic E-state index is 0.0478. The van der Waals surface area contributed by atoms with Gasteiger partial charge in [0.15, 0.2) is 5.82 Å². The topological polar surface area (TPSA) is 71.7 Å². The smallest absolute Gasteiger partial charge is 0.323 e. The van der Waals surface area contributed by atoms with Crippen LogP contribution in [0, 0.1) is 0 Å². The van der Waals surface area contributed by atoms with Crippen LogP contribution in [-0.4, -0.2) is 64.7 Å². The van der Waals surface area contributed by atoms with E-state index in [1.165, 1.54) is 0 Å². The van der Waals surface area contributed by atoms with Crippen LogP contribution in [-0.2, 0) is 9.53 Å². The number of carbonyl (C=O) groups is 1. The zero-order chi connectivity index (χ0) is 15.7. The molecule has 7 heteroatoms. The van der Waals surface area contributed by atoms with E-state index in [2.05, 4.69) is 40.7 Å². The van der Waals surface area contributed by atoms with E-state index in [9.17, 15) is 4.79 Å². The highest BCUT2D eigenvalue weighted by atomic mass is 16.5. The van der Waals surface area contributed by atoms with Crippen LogP contribution < -0.4 is 0 Å². The molecule has 1 aromatic rings. The maximum absolute atomic E-state index is 11.7. The Morgan fingerprint density at radius 3 is 2.45 bits per heavy atom. The molecule has 0 spiro atoms. The largest absolute Gasteiger partial charge is 0.464 e. The molecule has 22 heavy (non-hydrogen) atoms. The van der Waals surface area contributed by atoms with Gasteiger partial charge >= 0.3 is 5.97 Å². The second-order valence-corrected chi connectivity index (χ2v) is 6.37. The van der Waals surface area contributed by atoms with Gasteiger partial charge in [-0.2, -0.15) is 4.98 Å². The molecule has 122 valence electrons. The number of nitrogens with zero attached hydrogens (tertiary/aromatic N) is 4. The molecule has 0 aliphatic carbocycles. The van der Waals surface area contributed by atoms with Crippen LogP contribution in [0.25, 0.3) is 0 Å². The number of piperazine rings is 1. The summed E-state index contributed by atoms with van der Waals surface area (Å²) >= 11 is 0. The van der Waals surface area contributed by atoms with Crippen molar-refractivity contribution in [1.29, 1.82) is 0 Å². The van der Waals surface area contributed by atoms with Crippen molar-refractivity contribution >= 4 is 5.97 Å². The third-order valence-corrected chi connectivity index (χ3v) is 4.58. The van der Waals surface area contributed by atoms with Gasteiger partial charge in [-0.25, -0.2) is 0 Å². The van der Waals surface area contributed by atoms with E-state index in [1.54, 1.807) is 0 Å². The number of hydrogen-bond donors (Lipinski definition) is 0. The molecule has 3 rings (SSSR count). The second kappa shape index (κ2) is 6.34. The Morgan fingerprint density at radius 1 is 1.18 bits per heavy atom. The van der Waals surface area contributed by atoms with Gasteiger partial charge in [-0.1, -0.05) is 19.0 Å². The Hall–Kier alpha value is -1.47. The van der Waals surface area contributed by atoms with E-state index in [0.29, 0.717) is 12.5 Å². The van der Waals surface area contributed by atoms with Crippen LogP contribution in [0.5, 0.6) is 0 Å². The van der Waals surface area contributed by atoms with E-state index in [1.807, 2.05) is 0 Å². The number of ether oxygens (including phenoxy) is 1. The number of hydrogen-bond acceptors (Lipinski definition) is 7. The Morgan fingerprint density at radius 2 is 1.91 bits per heavy atom. The van der Waals surface area contributed by atoms with Crippen molar-refractivity contribution in [3.63, 3.8) is 0 Å². The Balaban J connectivity index is 1.57. The fourth-order valence-electron chi connectivity index (χ4n) is 3.06. The normalized spacial score (nSPS) is 25.6. The van der Waals surface area contributed by atoms with Gasteiger partial charge in [0.05, 0.1) is 12.6 Å². The van der Waals surface area contributed by atoms with Crippen molar-refractivity contribution in [2.24, 2.45) is 0 Å². The quantitative estimate of drug-likeness (QED) is 0.774. The highest BCUT2D eigenvalue weighted by Crippen LogP contribution is 2.23. The van der Waals surface area contributed by atoms with Crippen LogP contribution in [0.4, 0.5) is 0 Å². The lowest BCUT2D eigenvalue weighted by Gasteiger charge is -2.38. The molecule has 3 heterocycles. The second-order valence-electron chi connectivity index (χ2n) is 6.37. The molecule has 0 radical (unpaired) electrons. The van der Waals surface area contributed by atoms with Crippen LogP contribution in [0.3, 0.4) is 0 Å². The van der Waals surface area contributed by atoms with Gasteiger partial charge in [0, 0.05) is 38.5 Å². The SMILES string of the molecule is CC(C)c1noc([C@H](C)N2CCN([C@H]3CCOC3=O)CC2)n1. The number of rotatable bonds is 4. The summed E-state index contributed by atoms with van der Waals surface area (Å²) in [6, 6.07) is 0.0612. The molecule has 0 aromatic carbocycles.